The van der Waals surface area contributed by atoms with Gasteiger partial charge in [0.1, 0.15) is 18.3 Å². The molecule has 40 heavy (non-hydrogen) atoms. The highest BCUT2D eigenvalue weighted by Crippen LogP contribution is 2.29. The Morgan fingerprint density at radius 2 is 1.73 bits per heavy atom. The van der Waals surface area contributed by atoms with E-state index in [1.807, 2.05) is 26.8 Å². The van der Waals surface area contributed by atoms with Crippen molar-refractivity contribution in [3.63, 3.8) is 0 Å². The third-order valence-corrected chi connectivity index (χ3v) is 8.73. The minimum absolute atomic E-state index is 0.0377. The van der Waals surface area contributed by atoms with Gasteiger partial charge in [0, 0.05) is 18.1 Å². The SMILES string of the molecule is CCCNC(=O)C(C)N(Cc1cccc(OC)c1)C(=O)CN(c1ccc(C)c(Cl)c1)S(=O)(=O)c1ccc(C)cc1. The average Bonchev–Trinajstić information content (AvgIpc) is 2.94. The van der Waals surface area contributed by atoms with Crippen LogP contribution >= 0.6 is 11.6 Å². The van der Waals surface area contributed by atoms with Crippen molar-refractivity contribution in [1.29, 1.82) is 0 Å². The van der Waals surface area contributed by atoms with Gasteiger partial charge >= 0.3 is 0 Å². The monoisotopic (exact) mass is 585 g/mol. The lowest BCUT2D eigenvalue weighted by Crippen LogP contribution is -2.51. The quantitative estimate of drug-likeness (QED) is 0.319. The van der Waals surface area contributed by atoms with Crippen LogP contribution < -0.4 is 14.4 Å². The fourth-order valence-electron chi connectivity index (χ4n) is 4.05. The first-order valence-electron chi connectivity index (χ1n) is 13.0. The summed E-state index contributed by atoms with van der Waals surface area (Å²) in [4.78, 5) is 28.4. The van der Waals surface area contributed by atoms with E-state index in [0.717, 1.165) is 27.4 Å². The lowest BCUT2D eigenvalue weighted by molar-refractivity contribution is -0.139. The van der Waals surface area contributed by atoms with Gasteiger partial charge in [0.15, 0.2) is 0 Å². The molecule has 8 nitrogen and oxygen atoms in total. The van der Waals surface area contributed by atoms with Crippen LogP contribution in [0.15, 0.2) is 71.6 Å². The van der Waals surface area contributed by atoms with Crippen LogP contribution in [0.4, 0.5) is 5.69 Å². The minimum atomic E-state index is -4.17. The van der Waals surface area contributed by atoms with Crippen LogP contribution in [0.5, 0.6) is 5.75 Å². The van der Waals surface area contributed by atoms with Crippen LogP contribution in [0.3, 0.4) is 0 Å². The fourth-order valence-corrected chi connectivity index (χ4v) is 5.63. The second-order valence-corrected chi connectivity index (χ2v) is 11.9. The van der Waals surface area contributed by atoms with Crippen LogP contribution in [0.1, 0.15) is 37.0 Å². The van der Waals surface area contributed by atoms with E-state index in [1.165, 1.54) is 23.1 Å². The molecule has 0 aromatic heterocycles. The molecule has 0 spiro atoms. The van der Waals surface area contributed by atoms with E-state index in [-0.39, 0.29) is 23.0 Å². The number of carbonyl (C=O) groups is 2. The number of carbonyl (C=O) groups excluding carboxylic acids is 2. The predicted molar refractivity (Wildman–Crippen MR) is 158 cm³/mol. The lowest BCUT2D eigenvalue weighted by atomic mass is 10.1. The van der Waals surface area contributed by atoms with Crippen molar-refractivity contribution in [3.8, 4) is 5.75 Å². The summed E-state index contributed by atoms with van der Waals surface area (Å²) < 4.78 is 34.2. The first-order valence-corrected chi connectivity index (χ1v) is 14.9. The van der Waals surface area contributed by atoms with Gasteiger partial charge in [0.2, 0.25) is 11.8 Å². The maximum Gasteiger partial charge on any atom is 0.264 e. The Morgan fingerprint density at radius 3 is 2.35 bits per heavy atom. The molecule has 0 heterocycles. The zero-order valence-corrected chi connectivity index (χ0v) is 25.1. The third kappa shape index (κ3) is 7.55. The maximum absolute atomic E-state index is 14.0. The molecular weight excluding hydrogens is 550 g/mol. The number of sulfonamides is 1. The van der Waals surface area contributed by atoms with E-state index < -0.39 is 28.5 Å². The Labute approximate surface area is 241 Å². The second-order valence-electron chi connectivity index (χ2n) is 9.60. The summed E-state index contributed by atoms with van der Waals surface area (Å²) in [5.41, 5.74) is 2.64. The number of hydrogen-bond donors (Lipinski definition) is 1. The van der Waals surface area contributed by atoms with Gasteiger partial charge < -0.3 is 15.0 Å². The number of benzene rings is 3. The van der Waals surface area contributed by atoms with E-state index in [4.69, 9.17) is 16.3 Å². The molecule has 214 valence electrons. The molecule has 0 aliphatic heterocycles. The van der Waals surface area contributed by atoms with Crippen molar-refractivity contribution < 1.29 is 22.7 Å². The summed E-state index contributed by atoms with van der Waals surface area (Å²) in [6, 6.07) is 17.6. The number of nitrogens with zero attached hydrogens (tertiary/aromatic N) is 2. The van der Waals surface area contributed by atoms with E-state index in [2.05, 4.69) is 5.32 Å². The van der Waals surface area contributed by atoms with Crippen molar-refractivity contribution in [1.82, 2.24) is 10.2 Å². The topological polar surface area (TPSA) is 96.0 Å². The van der Waals surface area contributed by atoms with Gasteiger partial charge in [-0.1, -0.05) is 54.4 Å². The molecule has 0 saturated carbocycles. The highest BCUT2D eigenvalue weighted by molar-refractivity contribution is 7.92. The van der Waals surface area contributed by atoms with Gasteiger partial charge in [-0.2, -0.15) is 0 Å². The molecule has 0 bridgehead atoms. The van der Waals surface area contributed by atoms with Crippen LogP contribution in [0.2, 0.25) is 5.02 Å². The lowest BCUT2D eigenvalue weighted by Gasteiger charge is -2.32. The number of rotatable bonds is 12. The van der Waals surface area contributed by atoms with Crippen molar-refractivity contribution in [2.24, 2.45) is 0 Å². The maximum atomic E-state index is 14.0. The van der Waals surface area contributed by atoms with Gasteiger partial charge in [0.05, 0.1) is 17.7 Å². The zero-order chi connectivity index (χ0) is 29.4. The first kappa shape index (κ1) is 31.0. The predicted octanol–water partition coefficient (Wildman–Crippen LogP) is 5.10. The highest BCUT2D eigenvalue weighted by atomic mass is 35.5. The van der Waals surface area contributed by atoms with Gasteiger partial charge in [-0.15, -0.1) is 0 Å². The van der Waals surface area contributed by atoms with Crippen molar-refractivity contribution >= 4 is 39.1 Å². The first-order chi connectivity index (χ1) is 19.0. The molecule has 0 aliphatic rings. The summed E-state index contributed by atoms with van der Waals surface area (Å²) in [6.07, 6.45) is 0.735. The Balaban J connectivity index is 2.05. The molecule has 1 unspecified atom stereocenters. The molecule has 0 aliphatic carbocycles. The van der Waals surface area contributed by atoms with Gasteiger partial charge in [-0.3, -0.25) is 13.9 Å². The third-order valence-electron chi connectivity index (χ3n) is 6.53. The summed E-state index contributed by atoms with van der Waals surface area (Å²) in [5.74, 6) is -0.273. The molecule has 1 atom stereocenters. The fraction of sp³-hybridized carbons (Fsp3) is 0.333. The van der Waals surface area contributed by atoms with Crippen molar-refractivity contribution in [2.75, 3.05) is 24.5 Å². The van der Waals surface area contributed by atoms with Gasteiger partial charge in [0.25, 0.3) is 10.0 Å². The molecule has 1 N–H and O–H groups in total. The molecule has 0 fully saturated rings. The van der Waals surface area contributed by atoms with Crippen LogP contribution in [0, 0.1) is 13.8 Å². The Morgan fingerprint density at radius 1 is 1.02 bits per heavy atom. The molecule has 10 heteroatoms. The Kier molecular flexibility index (Phi) is 10.6. The van der Waals surface area contributed by atoms with E-state index in [1.54, 1.807) is 56.5 Å². The Hall–Kier alpha value is -3.56. The second kappa shape index (κ2) is 13.7. The number of ether oxygens (including phenoxy) is 1. The number of halogens is 1. The molecular formula is C30H36ClN3O5S. The molecule has 3 aromatic rings. The standard InChI is InChI=1S/C30H36ClN3O5S/c1-6-16-32-30(36)23(4)33(19-24-8-7-9-26(17-24)39-5)29(35)20-34(25-13-12-22(3)28(31)18-25)40(37,38)27-14-10-21(2)11-15-27/h7-15,17-18,23H,6,16,19-20H2,1-5H3,(H,32,36). The van der Waals surface area contributed by atoms with Crippen LogP contribution in [-0.4, -0.2) is 51.4 Å². The van der Waals surface area contributed by atoms with Crippen LogP contribution in [-0.2, 0) is 26.2 Å². The number of anilines is 1. The zero-order valence-electron chi connectivity index (χ0n) is 23.5. The smallest absolute Gasteiger partial charge is 0.264 e. The van der Waals surface area contributed by atoms with E-state index in [9.17, 15) is 18.0 Å². The summed E-state index contributed by atoms with van der Waals surface area (Å²) >= 11 is 6.37. The molecule has 2 amide bonds. The summed E-state index contributed by atoms with van der Waals surface area (Å²) in [6.45, 7) is 7.23. The Bertz CT molecular complexity index is 1440. The van der Waals surface area contributed by atoms with E-state index >= 15 is 0 Å². The molecule has 3 rings (SSSR count). The molecule has 0 radical (unpaired) electrons. The van der Waals surface area contributed by atoms with Crippen molar-refractivity contribution in [2.45, 2.75) is 51.6 Å². The van der Waals surface area contributed by atoms with E-state index in [0.29, 0.717) is 17.3 Å². The minimum Gasteiger partial charge on any atom is -0.497 e. The summed E-state index contributed by atoms with van der Waals surface area (Å²) in [5, 5.41) is 3.20. The molecule has 3 aromatic carbocycles. The molecule has 0 saturated heterocycles. The number of hydrogen-bond acceptors (Lipinski definition) is 5. The van der Waals surface area contributed by atoms with Gasteiger partial charge in [-0.05, 0) is 74.7 Å². The largest absolute Gasteiger partial charge is 0.497 e. The number of nitrogens with one attached hydrogen (secondary N) is 1. The van der Waals surface area contributed by atoms with Crippen molar-refractivity contribution in [3.05, 3.63) is 88.4 Å². The number of amides is 2. The highest BCUT2D eigenvalue weighted by Gasteiger charge is 2.32. The average molecular weight is 586 g/mol. The number of methoxy groups -OCH3 is 1. The number of aryl methyl sites for hydroxylation is 2. The van der Waals surface area contributed by atoms with Gasteiger partial charge in [-0.25, -0.2) is 8.42 Å². The summed E-state index contributed by atoms with van der Waals surface area (Å²) in [7, 11) is -2.62. The van der Waals surface area contributed by atoms with Crippen LogP contribution in [0.25, 0.3) is 0 Å². The normalized spacial score (nSPS) is 11.9.